The molecule has 16 heavy (non-hydrogen) atoms. The smallest absolute Gasteiger partial charge is 0.124 e. The summed E-state index contributed by atoms with van der Waals surface area (Å²) in [6, 6.07) is 4.90. The van der Waals surface area contributed by atoms with Gasteiger partial charge in [-0.3, -0.25) is 0 Å². The molecule has 0 bridgehead atoms. The van der Waals surface area contributed by atoms with Crippen LogP contribution in [0.15, 0.2) is 24.4 Å². The molecule has 0 aliphatic carbocycles. The van der Waals surface area contributed by atoms with Crippen molar-refractivity contribution >= 4 is 11.3 Å². The molecule has 0 radical (unpaired) electrons. The molecule has 0 aliphatic heterocycles. The lowest BCUT2D eigenvalue weighted by Gasteiger charge is -2.00. The van der Waals surface area contributed by atoms with E-state index >= 15 is 0 Å². The number of nitrogens with two attached hydrogens (primary N) is 1. The summed E-state index contributed by atoms with van der Waals surface area (Å²) in [4.78, 5) is 5.27. The third kappa shape index (κ3) is 2.28. The van der Waals surface area contributed by atoms with Crippen LogP contribution in [0.4, 0.5) is 4.39 Å². The van der Waals surface area contributed by atoms with Crippen molar-refractivity contribution < 1.29 is 4.39 Å². The van der Waals surface area contributed by atoms with E-state index in [1.165, 1.54) is 23.5 Å². The molecule has 0 fully saturated rings. The van der Waals surface area contributed by atoms with Crippen molar-refractivity contribution in [3.05, 3.63) is 40.7 Å². The minimum atomic E-state index is -0.229. The number of halogens is 1. The van der Waals surface area contributed by atoms with Crippen LogP contribution in [0.5, 0.6) is 0 Å². The Morgan fingerprint density at radius 1 is 1.38 bits per heavy atom. The van der Waals surface area contributed by atoms with Crippen molar-refractivity contribution in [2.45, 2.75) is 19.9 Å². The van der Waals surface area contributed by atoms with Crippen LogP contribution in [0.3, 0.4) is 0 Å². The molecule has 2 aromatic rings. The number of benzene rings is 1. The van der Waals surface area contributed by atoms with E-state index in [0.717, 1.165) is 21.0 Å². The zero-order valence-corrected chi connectivity index (χ0v) is 10.0. The molecule has 2 rings (SSSR count). The Kier molecular flexibility index (Phi) is 3.03. The SMILES string of the molecule is Cc1cc(F)cc(-c2ncc(C(C)N)s2)c1. The molecule has 1 heterocycles. The molecule has 2 nitrogen and oxygen atoms in total. The van der Waals surface area contributed by atoms with Gasteiger partial charge in [-0.15, -0.1) is 11.3 Å². The van der Waals surface area contributed by atoms with E-state index in [0.29, 0.717) is 0 Å². The summed E-state index contributed by atoms with van der Waals surface area (Å²) in [6.07, 6.45) is 1.75. The second kappa shape index (κ2) is 4.31. The molecular weight excluding hydrogens is 223 g/mol. The van der Waals surface area contributed by atoms with Gasteiger partial charge in [0.15, 0.2) is 0 Å². The fourth-order valence-corrected chi connectivity index (χ4v) is 2.35. The largest absolute Gasteiger partial charge is 0.323 e. The Labute approximate surface area is 97.9 Å². The van der Waals surface area contributed by atoms with Gasteiger partial charge >= 0.3 is 0 Å². The third-order valence-corrected chi connectivity index (χ3v) is 3.51. The third-order valence-electron chi connectivity index (χ3n) is 2.26. The first-order valence-electron chi connectivity index (χ1n) is 5.05. The van der Waals surface area contributed by atoms with Gasteiger partial charge in [-0.2, -0.15) is 0 Å². The lowest BCUT2D eigenvalue weighted by molar-refractivity contribution is 0.627. The molecule has 1 aromatic carbocycles. The average molecular weight is 236 g/mol. The summed E-state index contributed by atoms with van der Waals surface area (Å²) >= 11 is 1.51. The molecule has 1 unspecified atom stereocenters. The van der Waals surface area contributed by atoms with E-state index in [1.807, 2.05) is 19.9 Å². The Morgan fingerprint density at radius 2 is 2.12 bits per heavy atom. The quantitative estimate of drug-likeness (QED) is 0.869. The molecule has 0 saturated heterocycles. The van der Waals surface area contributed by atoms with E-state index in [-0.39, 0.29) is 11.9 Å². The number of nitrogens with zero attached hydrogens (tertiary/aromatic N) is 1. The lowest BCUT2D eigenvalue weighted by Crippen LogP contribution is -2.01. The maximum atomic E-state index is 13.2. The summed E-state index contributed by atoms with van der Waals surface area (Å²) in [6.45, 7) is 3.78. The summed E-state index contributed by atoms with van der Waals surface area (Å²) in [5.74, 6) is -0.229. The van der Waals surface area contributed by atoms with Crippen molar-refractivity contribution in [3.63, 3.8) is 0 Å². The van der Waals surface area contributed by atoms with Crippen LogP contribution in [-0.4, -0.2) is 4.98 Å². The summed E-state index contributed by atoms with van der Waals surface area (Å²) in [7, 11) is 0. The predicted molar refractivity (Wildman–Crippen MR) is 64.8 cm³/mol. The molecule has 0 aliphatic rings. The molecule has 0 saturated carbocycles. The van der Waals surface area contributed by atoms with E-state index in [9.17, 15) is 4.39 Å². The molecular formula is C12H13FN2S. The van der Waals surface area contributed by atoms with Crippen LogP contribution in [0.2, 0.25) is 0 Å². The van der Waals surface area contributed by atoms with E-state index in [2.05, 4.69) is 4.98 Å². The van der Waals surface area contributed by atoms with Gasteiger partial charge in [0.1, 0.15) is 10.8 Å². The highest BCUT2D eigenvalue weighted by molar-refractivity contribution is 7.15. The summed E-state index contributed by atoms with van der Waals surface area (Å²) in [5, 5.41) is 0.815. The van der Waals surface area contributed by atoms with Gasteiger partial charge in [-0.25, -0.2) is 9.37 Å². The molecule has 84 valence electrons. The van der Waals surface area contributed by atoms with Crippen LogP contribution >= 0.6 is 11.3 Å². The first-order valence-corrected chi connectivity index (χ1v) is 5.87. The Bertz CT molecular complexity index is 485. The van der Waals surface area contributed by atoms with Gasteiger partial charge in [-0.1, -0.05) is 0 Å². The molecule has 0 amide bonds. The van der Waals surface area contributed by atoms with Crippen LogP contribution in [0, 0.1) is 12.7 Å². The fourth-order valence-electron chi connectivity index (χ4n) is 1.49. The number of aromatic nitrogens is 1. The Hall–Kier alpha value is -1.26. The number of aryl methyl sites for hydroxylation is 1. The fraction of sp³-hybridized carbons (Fsp3) is 0.250. The Balaban J connectivity index is 2.42. The topological polar surface area (TPSA) is 38.9 Å². The normalized spacial score (nSPS) is 12.8. The van der Waals surface area contributed by atoms with Crippen LogP contribution in [0.1, 0.15) is 23.4 Å². The lowest BCUT2D eigenvalue weighted by atomic mass is 10.1. The highest BCUT2D eigenvalue weighted by Gasteiger charge is 2.08. The van der Waals surface area contributed by atoms with Crippen molar-refractivity contribution in [3.8, 4) is 10.6 Å². The van der Waals surface area contributed by atoms with Crippen molar-refractivity contribution in [1.29, 1.82) is 0 Å². The van der Waals surface area contributed by atoms with Gasteiger partial charge in [0.25, 0.3) is 0 Å². The second-order valence-corrected chi connectivity index (χ2v) is 4.94. The van der Waals surface area contributed by atoms with Crippen LogP contribution in [0.25, 0.3) is 10.6 Å². The van der Waals surface area contributed by atoms with Gasteiger partial charge in [-0.05, 0) is 37.6 Å². The number of hydrogen-bond acceptors (Lipinski definition) is 3. The first-order chi connectivity index (χ1) is 7.56. The van der Waals surface area contributed by atoms with Gasteiger partial charge in [0, 0.05) is 22.7 Å². The molecule has 2 N–H and O–H groups in total. The minimum Gasteiger partial charge on any atom is -0.323 e. The Morgan fingerprint density at radius 3 is 2.69 bits per heavy atom. The van der Waals surface area contributed by atoms with Crippen LogP contribution < -0.4 is 5.73 Å². The average Bonchev–Trinajstić information content (AvgIpc) is 2.64. The van der Waals surface area contributed by atoms with Gasteiger partial charge < -0.3 is 5.73 Å². The number of thiazole rings is 1. The second-order valence-electron chi connectivity index (χ2n) is 3.87. The molecule has 4 heteroatoms. The summed E-state index contributed by atoms with van der Waals surface area (Å²) < 4.78 is 13.2. The predicted octanol–water partition coefficient (Wildman–Crippen LogP) is 3.28. The molecule has 0 spiro atoms. The monoisotopic (exact) mass is 236 g/mol. The van der Waals surface area contributed by atoms with Crippen molar-refractivity contribution in [2.75, 3.05) is 0 Å². The highest BCUT2D eigenvalue weighted by Crippen LogP contribution is 2.28. The van der Waals surface area contributed by atoms with Crippen molar-refractivity contribution in [1.82, 2.24) is 4.98 Å². The zero-order valence-electron chi connectivity index (χ0n) is 9.20. The molecule has 1 atom stereocenters. The maximum absolute atomic E-state index is 13.2. The minimum absolute atomic E-state index is 0.0269. The van der Waals surface area contributed by atoms with E-state index in [1.54, 1.807) is 6.20 Å². The van der Waals surface area contributed by atoms with E-state index in [4.69, 9.17) is 5.73 Å². The zero-order chi connectivity index (χ0) is 11.7. The van der Waals surface area contributed by atoms with Gasteiger partial charge in [0.05, 0.1) is 0 Å². The number of hydrogen-bond donors (Lipinski definition) is 1. The van der Waals surface area contributed by atoms with E-state index < -0.39 is 0 Å². The maximum Gasteiger partial charge on any atom is 0.124 e. The van der Waals surface area contributed by atoms with Gasteiger partial charge in [0.2, 0.25) is 0 Å². The molecule has 1 aromatic heterocycles. The number of rotatable bonds is 2. The standard InChI is InChI=1S/C12H13FN2S/c1-7-3-9(5-10(13)4-7)12-15-6-11(16-12)8(2)14/h3-6,8H,14H2,1-2H3. The summed E-state index contributed by atoms with van der Waals surface area (Å²) in [5.41, 5.74) is 7.47. The first kappa shape index (κ1) is 11.2. The van der Waals surface area contributed by atoms with Crippen molar-refractivity contribution in [2.24, 2.45) is 5.73 Å². The van der Waals surface area contributed by atoms with Crippen LogP contribution in [-0.2, 0) is 0 Å². The highest BCUT2D eigenvalue weighted by atomic mass is 32.1.